The highest BCUT2D eigenvalue weighted by Gasteiger charge is 2.11. The van der Waals surface area contributed by atoms with Crippen molar-refractivity contribution >= 4 is 22.4 Å². The second-order valence-electron chi connectivity index (χ2n) is 4.44. The Hall–Kier alpha value is -1.17. The Morgan fingerprint density at radius 2 is 2.11 bits per heavy atom. The van der Waals surface area contributed by atoms with Crippen molar-refractivity contribution in [3.05, 3.63) is 11.4 Å². The lowest BCUT2D eigenvalue weighted by atomic mass is 10.2. The molecule has 6 heteroatoms. The van der Waals surface area contributed by atoms with E-state index in [1.807, 2.05) is 13.8 Å². The molecule has 102 valence electrons. The van der Waals surface area contributed by atoms with E-state index in [0.717, 1.165) is 30.0 Å². The van der Waals surface area contributed by atoms with Crippen LogP contribution in [0.15, 0.2) is 0 Å². The molecule has 0 bridgehead atoms. The van der Waals surface area contributed by atoms with E-state index in [-0.39, 0.29) is 5.25 Å². The van der Waals surface area contributed by atoms with Gasteiger partial charge < -0.3 is 11.1 Å². The number of hydrogen-bond acceptors (Lipinski definition) is 5. The fourth-order valence-electron chi connectivity index (χ4n) is 1.45. The monoisotopic (exact) mass is 270 g/mol. The van der Waals surface area contributed by atoms with Gasteiger partial charge in [0, 0.05) is 40.8 Å². The summed E-state index contributed by atoms with van der Waals surface area (Å²) in [5.41, 5.74) is 6.72. The Bertz CT molecular complexity index is 436. The summed E-state index contributed by atoms with van der Waals surface area (Å²) in [4.78, 5) is 8.70. The van der Waals surface area contributed by atoms with E-state index in [1.165, 1.54) is 0 Å². The van der Waals surface area contributed by atoms with Crippen LogP contribution in [0.1, 0.15) is 31.7 Å². The summed E-state index contributed by atoms with van der Waals surface area (Å²) in [7, 11) is -0.842. The Kier molecular flexibility index (Phi) is 5.53. The summed E-state index contributed by atoms with van der Waals surface area (Å²) in [6, 6.07) is 0. The summed E-state index contributed by atoms with van der Waals surface area (Å²) in [6.07, 6.45) is 3.50. The molecule has 0 saturated carbocycles. The zero-order chi connectivity index (χ0) is 13.7. The van der Waals surface area contributed by atoms with E-state index in [0.29, 0.717) is 12.4 Å². The van der Waals surface area contributed by atoms with Gasteiger partial charge in [-0.2, -0.15) is 0 Å². The van der Waals surface area contributed by atoms with Crippen molar-refractivity contribution in [3.63, 3.8) is 0 Å². The van der Waals surface area contributed by atoms with E-state index >= 15 is 0 Å². The Morgan fingerprint density at radius 1 is 1.44 bits per heavy atom. The maximum atomic E-state index is 11.3. The molecule has 3 N–H and O–H groups in total. The second-order valence-corrected chi connectivity index (χ2v) is 6.24. The molecule has 1 aromatic rings. The number of aryl methyl sites for hydroxylation is 1. The standard InChI is InChI=1S/C12H22N4OS/c1-5-6-10-15-11(13)9(3)12(16-10)14-7-8(2)18(4)17/h8H,5-7H2,1-4H3,(H3,13,14,15,16). The minimum absolute atomic E-state index is 0.0789. The van der Waals surface area contributed by atoms with Gasteiger partial charge in [0.2, 0.25) is 0 Å². The maximum Gasteiger partial charge on any atom is 0.134 e. The van der Waals surface area contributed by atoms with Crippen LogP contribution in [0.25, 0.3) is 0 Å². The average molecular weight is 270 g/mol. The lowest BCUT2D eigenvalue weighted by Crippen LogP contribution is -2.22. The largest absolute Gasteiger partial charge is 0.383 e. The van der Waals surface area contributed by atoms with Crippen molar-refractivity contribution in [2.75, 3.05) is 23.9 Å². The van der Waals surface area contributed by atoms with Crippen LogP contribution < -0.4 is 11.1 Å². The van der Waals surface area contributed by atoms with Gasteiger partial charge in [0.05, 0.1) is 0 Å². The molecule has 0 spiro atoms. The molecule has 1 aromatic heterocycles. The van der Waals surface area contributed by atoms with Crippen LogP contribution in [-0.4, -0.2) is 32.2 Å². The first kappa shape index (κ1) is 14.9. The zero-order valence-electron chi connectivity index (χ0n) is 11.5. The SMILES string of the molecule is CCCc1nc(N)c(C)c(NCC(C)S(C)=O)n1. The van der Waals surface area contributed by atoms with Gasteiger partial charge in [-0.1, -0.05) is 6.92 Å². The Labute approximate surface area is 111 Å². The molecule has 0 saturated heterocycles. The van der Waals surface area contributed by atoms with Crippen molar-refractivity contribution in [3.8, 4) is 0 Å². The van der Waals surface area contributed by atoms with Crippen LogP contribution in [0.4, 0.5) is 11.6 Å². The number of nitrogen functional groups attached to an aromatic ring is 1. The van der Waals surface area contributed by atoms with Crippen LogP contribution in [0.2, 0.25) is 0 Å². The predicted octanol–water partition coefficient (Wildman–Crippen LogP) is 1.50. The highest BCUT2D eigenvalue weighted by atomic mass is 32.2. The quantitative estimate of drug-likeness (QED) is 0.818. The Morgan fingerprint density at radius 3 is 2.67 bits per heavy atom. The summed E-state index contributed by atoms with van der Waals surface area (Å²) >= 11 is 0. The van der Waals surface area contributed by atoms with Crippen molar-refractivity contribution < 1.29 is 4.21 Å². The van der Waals surface area contributed by atoms with Gasteiger partial charge in [0.25, 0.3) is 0 Å². The number of nitrogens with zero attached hydrogens (tertiary/aromatic N) is 2. The molecule has 0 fully saturated rings. The first-order valence-electron chi connectivity index (χ1n) is 6.14. The smallest absolute Gasteiger partial charge is 0.134 e. The Balaban J connectivity index is 2.83. The second kappa shape index (κ2) is 6.68. The van der Waals surface area contributed by atoms with Crippen molar-refractivity contribution in [2.45, 2.75) is 38.9 Å². The molecule has 1 heterocycles. The van der Waals surface area contributed by atoms with Gasteiger partial charge in [0.1, 0.15) is 17.5 Å². The molecule has 0 amide bonds. The minimum Gasteiger partial charge on any atom is -0.383 e. The van der Waals surface area contributed by atoms with Crippen LogP contribution in [0.5, 0.6) is 0 Å². The van der Waals surface area contributed by atoms with Gasteiger partial charge in [0.15, 0.2) is 0 Å². The summed E-state index contributed by atoms with van der Waals surface area (Å²) < 4.78 is 11.3. The van der Waals surface area contributed by atoms with Crippen LogP contribution >= 0.6 is 0 Å². The van der Waals surface area contributed by atoms with Crippen molar-refractivity contribution in [2.24, 2.45) is 0 Å². The molecule has 18 heavy (non-hydrogen) atoms. The highest BCUT2D eigenvalue weighted by Crippen LogP contribution is 2.18. The molecule has 2 atom stereocenters. The van der Waals surface area contributed by atoms with E-state index in [4.69, 9.17) is 5.73 Å². The normalized spacial score (nSPS) is 14.2. The van der Waals surface area contributed by atoms with Gasteiger partial charge in [-0.25, -0.2) is 9.97 Å². The van der Waals surface area contributed by atoms with Crippen molar-refractivity contribution in [1.82, 2.24) is 9.97 Å². The predicted molar refractivity (Wildman–Crippen MR) is 77.2 cm³/mol. The topological polar surface area (TPSA) is 80.9 Å². The molecular formula is C12H22N4OS. The number of hydrogen-bond donors (Lipinski definition) is 2. The van der Waals surface area contributed by atoms with E-state index < -0.39 is 10.8 Å². The molecule has 2 unspecified atom stereocenters. The number of nitrogens with one attached hydrogen (secondary N) is 1. The lowest BCUT2D eigenvalue weighted by molar-refractivity contribution is 0.678. The molecule has 5 nitrogen and oxygen atoms in total. The van der Waals surface area contributed by atoms with Crippen LogP contribution in [0, 0.1) is 6.92 Å². The summed E-state index contributed by atoms with van der Waals surface area (Å²) in [5, 5.41) is 3.29. The highest BCUT2D eigenvalue weighted by molar-refractivity contribution is 7.84. The van der Waals surface area contributed by atoms with E-state index in [2.05, 4.69) is 22.2 Å². The van der Waals surface area contributed by atoms with Gasteiger partial charge in [-0.3, -0.25) is 4.21 Å². The van der Waals surface area contributed by atoms with Gasteiger partial charge >= 0.3 is 0 Å². The van der Waals surface area contributed by atoms with Crippen LogP contribution in [-0.2, 0) is 17.2 Å². The number of anilines is 2. The third-order valence-corrected chi connectivity index (χ3v) is 4.13. The lowest BCUT2D eigenvalue weighted by Gasteiger charge is -2.14. The molecule has 0 aliphatic rings. The van der Waals surface area contributed by atoms with Crippen molar-refractivity contribution in [1.29, 1.82) is 0 Å². The van der Waals surface area contributed by atoms with Gasteiger partial charge in [-0.05, 0) is 20.3 Å². The third-order valence-electron chi connectivity index (χ3n) is 2.83. The van der Waals surface area contributed by atoms with Crippen LogP contribution in [0.3, 0.4) is 0 Å². The van der Waals surface area contributed by atoms with Gasteiger partial charge in [-0.15, -0.1) is 0 Å². The molecule has 0 aliphatic heterocycles. The maximum absolute atomic E-state index is 11.3. The fraction of sp³-hybridized carbons (Fsp3) is 0.667. The summed E-state index contributed by atoms with van der Waals surface area (Å²) in [6.45, 7) is 6.53. The number of nitrogens with two attached hydrogens (primary N) is 1. The number of rotatable bonds is 6. The minimum atomic E-state index is -0.842. The first-order chi connectivity index (χ1) is 8.45. The third kappa shape index (κ3) is 3.94. The fourth-order valence-corrected chi connectivity index (χ4v) is 1.77. The average Bonchev–Trinajstić information content (AvgIpc) is 2.31. The van der Waals surface area contributed by atoms with E-state index in [9.17, 15) is 4.21 Å². The number of aromatic nitrogens is 2. The molecule has 0 radical (unpaired) electrons. The molecule has 1 rings (SSSR count). The summed E-state index contributed by atoms with van der Waals surface area (Å²) in [5.74, 6) is 2.03. The molecule has 0 aromatic carbocycles. The van der Waals surface area contributed by atoms with E-state index in [1.54, 1.807) is 6.26 Å². The first-order valence-corrected chi connectivity index (χ1v) is 7.76. The molecular weight excluding hydrogens is 248 g/mol. The zero-order valence-corrected chi connectivity index (χ0v) is 12.3. The molecule has 0 aliphatic carbocycles.